The van der Waals surface area contributed by atoms with E-state index in [1.165, 1.54) is 0 Å². The molecule has 1 fully saturated rings. The molecule has 0 aromatic carbocycles. The fourth-order valence-electron chi connectivity index (χ4n) is 1.83. The number of hydrogen-bond donors (Lipinski definition) is 0. The second kappa shape index (κ2) is 8.20. The average molecular weight is 246 g/mol. The van der Waals surface area contributed by atoms with Gasteiger partial charge < -0.3 is 0 Å². The maximum absolute atomic E-state index is 3.26. The standard InChI is InChI=1S/C16H26N2/c1-15(2)7-5-9-17-11-13-18(14-12-17)10-6-8-16(3)4/h15-16H,9-14H2,1-4H3. The van der Waals surface area contributed by atoms with Crippen molar-refractivity contribution in [2.75, 3.05) is 39.3 Å². The summed E-state index contributed by atoms with van der Waals surface area (Å²) in [6, 6.07) is 0. The van der Waals surface area contributed by atoms with Crippen molar-refractivity contribution in [3.63, 3.8) is 0 Å². The zero-order valence-corrected chi connectivity index (χ0v) is 12.3. The van der Waals surface area contributed by atoms with Crippen molar-refractivity contribution < 1.29 is 0 Å². The van der Waals surface area contributed by atoms with Crippen LogP contribution >= 0.6 is 0 Å². The van der Waals surface area contributed by atoms with Crippen molar-refractivity contribution in [2.45, 2.75) is 27.7 Å². The summed E-state index contributed by atoms with van der Waals surface area (Å²) in [6.45, 7) is 14.9. The Morgan fingerprint density at radius 1 is 0.722 bits per heavy atom. The molecule has 0 N–H and O–H groups in total. The Morgan fingerprint density at radius 3 is 1.33 bits per heavy atom. The van der Waals surface area contributed by atoms with Crippen LogP contribution < -0.4 is 0 Å². The van der Waals surface area contributed by atoms with E-state index in [-0.39, 0.29) is 0 Å². The number of rotatable bonds is 2. The van der Waals surface area contributed by atoms with Crippen LogP contribution in [0.4, 0.5) is 0 Å². The maximum Gasteiger partial charge on any atom is 0.0602 e. The van der Waals surface area contributed by atoms with Crippen LogP contribution in [0, 0.1) is 35.5 Å². The van der Waals surface area contributed by atoms with Gasteiger partial charge in [0.2, 0.25) is 0 Å². The lowest BCUT2D eigenvalue weighted by Crippen LogP contribution is -2.46. The molecule has 0 amide bonds. The monoisotopic (exact) mass is 246 g/mol. The molecule has 1 heterocycles. The van der Waals surface area contributed by atoms with Gasteiger partial charge in [0.05, 0.1) is 13.1 Å². The Morgan fingerprint density at radius 2 is 1.06 bits per heavy atom. The van der Waals surface area contributed by atoms with Crippen molar-refractivity contribution in [1.82, 2.24) is 9.80 Å². The summed E-state index contributed by atoms with van der Waals surface area (Å²) in [7, 11) is 0. The Balaban J connectivity index is 2.22. The second-order valence-corrected chi connectivity index (χ2v) is 5.50. The summed E-state index contributed by atoms with van der Waals surface area (Å²) in [5.74, 6) is 13.9. The molecule has 18 heavy (non-hydrogen) atoms. The van der Waals surface area contributed by atoms with Gasteiger partial charge >= 0.3 is 0 Å². The molecule has 0 unspecified atom stereocenters. The lowest BCUT2D eigenvalue weighted by atomic mass is 10.2. The fourth-order valence-corrected chi connectivity index (χ4v) is 1.83. The van der Waals surface area contributed by atoms with E-state index in [0.717, 1.165) is 39.3 Å². The van der Waals surface area contributed by atoms with E-state index in [2.05, 4.69) is 61.2 Å². The summed E-state index contributed by atoms with van der Waals surface area (Å²) < 4.78 is 0. The van der Waals surface area contributed by atoms with Gasteiger partial charge in [-0.15, -0.1) is 0 Å². The molecule has 2 heteroatoms. The van der Waals surface area contributed by atoms with E-state index in [1.54, 1.807) is 0 Å². The summed E-state index contributed by atoms with van der Waals surface area (Å²) in [5, 5.41) is 0. The fraction of sp³-hybridized carbons (Fsp3) is 0.750. The molecule has 1 rings (SSSR count). The first-order valence-electron chi connectivity index (χ1n) is 6.99. The third-order valence-corrected chi connectivity index (χ3v) is 2.85. The molecule has 0 atom stereocenters. The van der Waals surface area contributed by atoms with E-state index in [4.69, 9.17) is 0 Å². The van der Waals surface area contributed by atoms with Crippen LogP contribution in [0.3, 0.4) is 0 Å². The van der Waals surface area contributed by atoms with Gasteiger partial charge in [-0.05, 0) is 0 Å². The smallest absolute Gasteiger partial charge is 0.0602 e. The van der Waals surface area contributed by atoms with Crippen LogP contribution in [0.25, 0.3) is 0 Å². The van der Waals surface area contributed by atoms with E-state index < -0.39 is 0 Å². The highest BCUT2D eigenvalue weighted by Gasteiger charge is 2.14. The van der Waals surface area contributed by atoms with Gasteiger partial charge in [0.25, 0.3) is 0 Å². The minimum Gasteiger partial charge on any atom is -0.290 e. The van der Waals surface area contributed by atoms with Crippen LogP contribution in [0.15, 0.2) is 0 Å². The van der Waals surface area contributed by atoms with Crippen molar-refractivity contribution in [3.05, 3.63) is 0 Å². The van der Waals surface area contributed by atoms with E-state index in [9.17, 15) is 0 Å². The van der Waals surface area contributed by atoms with E-state index in [0.29, 0.717) is 11.8 Å². The summed E-state index contributed by atoms with van der Waals surface area (Å²) in [6.07, 6.45) is 0. The van der Waals surface area contributed by atoms with Gasteiger partial charge in [0, 0.05) is 38.0 Å². The lowest BCUT2D eigenvalue weighted by Gasteiger charge is -2.32. The molecule has 0 aliphatic carbocycles. The minimum atomic E-state index is 0.484. The highest BCUT2D eigenvalue weighted by Crippen LogP contribution is 2.00. The second-order valence-electron chi connectivity index (χ2n) is 5.50. The van der Waals surface area contributed by atoms with Crippen LogP contribution in [-0.4, -0.2) is 49.1 Å². The van der Waals surface area contributed by atoms with Crippen LogP contribution in [0.1, 0.15) is 27.7 Å². The van der Waals surface area contributed by atoms with Gasteiger partial charge in [0.1, 0.15) is 0 Å². The Labute approximate surface area is 113 Å². The van der Waals surface area contributed by atoms with Crippen LogP contribution in [0.5, 0.6) is 0 Å². The quantitative estimate of drug-likeness (QED) is 0.687. The molecule has 0 aromatic rings. The molecule has 0 aromatic heterocycles. The van der Waals surface area contributed by atoms with Crippen molar-refractivity contribution >= 4 is 0 Å². The molecule has 0 saturated carbocycles. The molecule has 0 bridgehead atoms. The van der Waals surface area contributed by atoms with Crippen LogP contribution in [0.2, 0.25) is 0 Å². The molecule has 100 valence electrons. The molecule has 1 saturated heterocycles. The Bertz CT molecular complexity index is 305. The zero-order chi connectivity index (χ0) is 13.4. The summed E-state index contributed by atoms with van der Waals surface area (Å²) in [5.41, 5.74) is 0. The van der Waals surface area contributed by atoms with Crippen molar-refractivity contribution in [1.29, 1.82) is 0 Å². The van der Waals surface area contributed by atoms with Gasteiger partial charge in [-0.3, -0.25) is 9.80 Å². The normalized spacial score (nSPS) is 17.2. The molecule has 2 nitrogen and oxygen atoms in total. The molecular weight excluding hydrogens is 220 g/mol. The van der Waals surface area contributed by atoms with Crippen molar-refractivity contribution in [2.24, 2.45) is 11.8 Å². The van der Waals surface area contributed by atoms with Gasteiger partial charge in [0.15, 0.2) is 0 Å². The van der Waals surface area contributed by atoms with Gasteiger partial charge in [-0.2, -0.15) is 0 Å². The first-order valence-corrected chi connectivity index (χ1v) is 6.99. The zero-order valence-electron chi connectivity index (χ0n) is 12.3. The minimum absolute atomic E-state index is 0.484. The average Bonchev–Trinajstić information content (AvgIpc) is 2.30. The largest absolute Gasteiger partial charge is 0.290 e. The lowest BCUT2D eigenvalue weighted by molar-refractivity contribution is 0.157. The van der Waals surface area contributed by atoms with Crippen molar-refractivity contribution in [3.8, 4) is 23.7 Å². The van der Waals surface area contributed by atoms with Gasteiger partial charge in [-0.25, -0.2) is 0 Å². The topological polar surface area (TPSA) is 6.48 Å². The highest BCUT2D eigenvalue weighted by atomic mass is 15.2. The Kier molecular flexibility index (Phi) is 6.88. The van der Waals surface area contributed by atoms with Gasteiger partial charge in [-0.1, -0.05) is 51.4 Å². The SMILES string of the molecule is CC(C)C#CCN1CCN(CC#CC(C)C)CC1. The Hall–Kier alpha value is -0.960. The maximum atomic E-state index is 3.26. The predicted molar refractivity (Wildman–Crippen MR) is 78.1 cm³/mol. The molecule has 1 aliphatic rings. The third kappa shape index (κ3) is 6.70. The number of nitrogens with zero attached hydrogens (tertiary/aromatic N) is 2. The summed E-state index contributed by atoms with van der Waals surface area (Å²) in [4.78, 5) is 4.86. The molecular formula is C16H26N2. The number of hydrogen-bond acceptors (Lipinski definition) is 2. The first kappa shape index (κ1) is 15.1. The summed E-state index contributed by atoms with van der Waals surface area (Å²) >= 11 is 0. The highest BCUT2D eigenvalue weighted by molar-refractivity contribution is 5.05. The number of piperazine rings is 1. The molecule has 0 spiro atoms. The molecule has 1 aliphatic heterocycles. The van der Waals surface area contributed by atoms with E-state index in [1.807, 2.05) is 0 Å². The van der Waals surface area contributed by atoms with Crippen LogP contribution in [-0.2, 0) is 0 Å². The van der Waals surface area contributed by atoms with E-state index >= 15 is 0 Å². The molecule has 0 radical (unpaired) electrons. The predicted octanol–water partition coefficient (Wildman–Crippen LogP) is 1.92. The third-order valence-electron chi connectivity index (χ3n) is 2.85. The first-order chi connectivity index (χ1) is 8.58.